The maximum Gasteiger partial charge on any atom is 0.407 e. The van der Waals surface area contributed by atoms with E-state index in [4.69, 9.17) is 0 Å². The van der Waals surface area contributed by atoms with E-state index in [-0.39, 0.29) is 5.91 Å². The number of fused-ring (bicyclic) bond motifs is 1. The fraction of sp³-hybridized carbons (Fsp3) is 0.389. The molecule has 1 unspecified atom stereocenters. The van der Waals surface area contributed by atoms with Crippen LogP contribution < -0.4 is 5.32 Å². The maximum atomic E-state index is 12.6. The Kier molecular flexibility index (Phi) is 5.02. The molecule has 0 fully saturated rings. The summed E-state index contributed by atoms with van der Waals surface area (Å²) >= 11 is 0. The number of benzene rings is 1. The molecule has 0 radical (unpaired) electrons. The molecule has 1 atom stereocenters. The van der Waals surface area contributed by atoms with Crippen LogP contribution >= 0.6 is 0 Å². The van der Waals surface area contributed by atoms with E-state index in [1.54, 1.807) is 11.8 Å². The summed E-state index contributed by atoms with van der Waals surface area (Å²) in [5.41, 5.74) is 4.25. The second-order valence-electron chi connectivity index (χ2n) is 6.08. The first kappa shape index (κ1) is 17.0. The zero-order valence-corrected chi connectivity index (χ0v) is 14.4. The number of methoxy groups -OCH3 is 1. The molecule has 2 amide bonds. The van der Waals surface area contributed by atoms with Crippen LogP contribution in [0.25, 0.3) is 11.3 Å². The number of alkyl carbamates (subject to hydrolysis) is 1. The van der Waals surface area contributed by atoms with E-state index in [1.165, 1.54) is 7.11 Å². The highest BCUT2D eigenvalue weighted by Gasteiger charge is 2.26. The van der Waals surface area contributed by atoms with Gasteiger partial charge in [0.1, 0.15) is 6.04 Å². The molecule has 2 aromatic rings. The molecule has 1 aromatic carbocycles. The van der Waals surface area contributed by atoms with Crippen LogP contribution in [0.4, 0.5) is 4.79 Å². The highest BCUT2D eigenvalue weighted by atomic mass is 16.5. The van der Waals surface area contributed by atoms with Gasteiger partial charge in [0.25, 0.3) is 0 Å². The summed E-state index contributed by atoms with van der Waals surface area (Å²) in [6.45, 7) is 2.86. The first-order valence-electron chi connectivity index (χ1n) is 8.35. The van der Waals surface area contributed by atoms with Gasteiger partial charge in [-0.3, -0.25) is 9.89 Å². The molecule has 25 heavy (non-hydrogen) atoms. The molecule has 7 heteroatoms. The lowest BCUT2D eigenvalue weighted by atomic mass is 10.0. The Morgan fingerprint density at radius 2 is 1.96 bits per heavy atom. The number of H-pyrrole nitrogens is 1. The molecule has 132 valence electrons. The number of nitrogens with one attached hydrogen (secondary N) is 2. The standard InChI is InChI=1S/C18H22N4O3/c1-12(19-18(24)25-2)17(23)22-10-8-14-15(9-11-22)20-21-16(14)13-6-4-3-5-7-13/h3-7,12H,8-11H2,1-2H3,(H,19,24)(H,20,21). The van der Waals surface area contributed by atoms with Gasteiger partial charge >= 0.3 is 6.09 Å². The summed E-state index contributed by atoms with van der Waals surface area (Å²) < 4.78 is 4.55. The van der Waals surface area contributed by atoms with E-state index in [2.05, 4.69) is 20.3 Å². The van der Waals surface area contributed by atoms with Crippen LogP contribution in [0, 0.1) is 0 Å². The monoisotopic (exact) mass is 342 g/mol. The quantitative estimate of drug-likeness (QED) is 0.889. The fourth-order valence-corrected chi connectivity index (χ4v) is 3.11. The summed E-state index contributed by atoms with van der Waals surface area (Å²) in [5.74, 6) is -0.107. The normalized spacial score (nSPS) is 15.0. The number of carbonyl (C=O) groups excluding carboxylic acids is 2. The molecule has 0 saturated carbocycles. The van der Waals surface area contributed by atoms with Crippen molar-refractivity contribution in [2.45, 2.75) is 25.8 Å². The first-order valence-corrected chi connectivity index (χ1v) is 8.35. The van der Waals surface area contributed by atoms with Gasteiger partial charge in [-0.25, -0.2) is 4.79 Å². The predicted octanol–water partition coefficient (Wildman–Crippen LogP) is 1.75. The molecule has 1 aromatic heterocycles. The summed E-state index contributed by atoms with van der Waals surface area (Å²) in [4.78, 5) is 25.6. The molecular formula is C18H22N4O3. The minimum absolute atomic E-state index is 0.107. The molecule has 0 spiro atoms. The largest absolute Gasteiger partial charge is 0.453 e. The zero-order valence-electron chi connectivity index (χ0n) is 14.4. The molecule has 1 aliphatic heterocycles. The van der Waals surface area contributed by atoms with Crippen LogP contribution in [-0.2, 0) is 22.4 Å². The summed E-state index contributed by atoms with van der Waals surface area (Å²) in [5, 5.41) is 10.1. The van der Waals surface area contributed by atoms with E-state index in [9.17, 15) is 9.59 Å². The van der Waals surface area contributed by atoms with Gasteiger partial charge in [0, 0.05) is 36.3 Å². The SMILES string of the molecule is COC(=O)NC(C)C(=O)N1CCc2[nH]nc(-c3ccccc3)c2CC1. The van der Waals surface area contributed by atoms with E-state index >= 15 is 0 Å². The minimum atomic E-state index is -0.615. The van der Waals surface area contributed by atoms with Crippen molar-refractivity contribution in [1.82, 2.24) is 20.4 Å². The van der Waals surface area contributed by atoms with Gasteiger partial charge in [0.05, 0.1) is 12.8 Å². The molecule has 2 heterocycles. The van der Waals surface area contributed by atoms with E-state index < -0.39 is 12.1 Å². The Hall–Kier alpha value is -2.83. The van der Waals surface area contributed by atoms with E-state index in [0.717, 1.165) is 28.9 Å². The van der Waals surface area contributed by atoms with Gasteiger partial charge in [-0.05, 0) is 13.3 Å². The lowest BCUT2D eigenvalue weighted by molar-refractivity contribution is -0.132. The average Bonchev–Trinajstić information content (AvgIpc) is 2.93. The van der Waals surface area contributed by atoms with Crippen molar-refractivity contribution in [2.75, 3.05) is 20.2 Å². The highest BCUT2D eigenvalue weighted by Crippen LogP contribution is 2.26. The lowest BCUT2D eigenvalue weighted by Crippen LogP contribution is -2.47. The third-order valence-electron chi connectivity index (χ3n) is 4.47. The van der Waals surface area contributed by atoms with Crippen LogP contribution in [0.15, 0.2) is 30.3 Å². The second-order valence-corrected chi connectivity index (χ2v) is 6.08. The number of ether oxygens (including phenoxy) is 1. The molecule has 0 aliphatic carbocycles. The van der Waals surface area contributed by atoms with Crippen molar-refractivity contribution in [3.05, 3.63) is 41.6 Å². The average molecular weight is 342 g/mol. The van der Waals surface area contributed by atoms with Crippen molar-refractivity contribution in [1.29, 1.82) is 0 Å². The van der Waals surface area contributed by atoms with Gasteiger partial charge in [-0.2, -0.15) is 5.10 Å². The van der Waals surface area contributed by atoms with Crippen molar-refractivity contribution in [3.63, 3.8) is 0 Å². The van der Waals surface area contributed by atoms with Crippen molar-refractivity contribution >= 4 is 12.0 Å². The Balaban J connectivity index is 1.72. The number of aromatic nitrogens is 2. The minimum Gasteiger partial charge on any atom is -0.453 e. The van der Waals surface area contributed by atoms with Crippen molar-refractivity contribution in [3.8, 4) is 11.3 Å². The number of amides is 2. The molecule has 0 bridgehead atoms. The maximum absolute atomic E-state index is 12.6. The van der Waals surface area contributed by atoms with Crippen LogP contribution in [0.1, 0.15) is 18.2 Å². The van der Waals surface area contributed by atoms with Gasteiger partial charge < -0.3 is 15.0 Å². The van der Waals surface area contributed by atoms with Gasteiger partial charge in [-0.1, -0.05) is 30.3 Å². The van der Waals surface area contributed by atoms with Crippen molar-refractivity contribution < 1.29 is 14.3 Å². The Bertz CT molecular complexity index is 757. The van der Waals surface area contributed by atoms with Crippen LogP contribution in [0.2, 0.25) is 0 Å². The summed E-state index contributed by atoms with van der Waals surface area (Å²) in [6.07, 6.45) is 0.843. The lowest BCUT2D eigenvalue weighted by Gasteiger charge is -2.24. The number of rotatable bonds is 3. The summed E-state index contributed by atoms with van der Waals surface area (Å²) in [6, 6.07) is 9.41. The summed E-state index contributed by atoms with van der Waals surface area (Å²) in [7, 11) is 1.28. The molecule has 0 saturated heterocycles. The van der Waals surface area contributed by atoms with Gasteiger partial charge in [0.15, 0.2) is 0 Å². The number of aromatic amines is 1. The Labute approximate surface area is 146 Å². The smallest absolute Gasteiger partial charge is 0.407 e. The van der Waals surface area contributed by atoms with Gasteiger partial charge in [0.2, 0.25) is 5.91 Å². The highest BCUT2D eigenvalue weighted by molar-refractivity contribution is 5.85. The Morgan fingerprint density at radius 1 is 1.24 bits per heavy atom. The number of nitrogens with zero attached hydrogens (tertiary/aromatic N) is 2. The predicted molar refractivity (Wildman–Crippen MR) is 93.0 cm³/mol. The third-order valence-corrected chi connectivity index (χ3v) is 4.47. The topological polar surface area (TPSA) is 87.3 Å². The molecule has 7 nitrogen and oxygen atoms in total. The zero-order chi connectivity index (χ0) is 17.8. The second kappa shape index (κ2) is 7.38. The first-order chi connectivity index (χ1) is 12.1. The van der Waals surface area contributed by atoms with Crippen molar-refractivity contribution in [2.24, 2.45) is 0 Å². The molecular weight excluding hydrogens is 320 g/mol. The van der Waals surface area contributed by atoms with Crippen LogP contribution in [0.5, 0.6) is 0 Å². The number of carbonyl (C=O) groups is 2. The van der Waals surface area contributed by atoms with Crippen LogP contribution in [0.3, 0.4) is 0 Å². The number of hydrogen-bond donors (Lipinski definition) is 2. The molecule has 2 N–H and O–H groups in total. The van der Waals surface area contributed by atoms with Crippen LogP contribution in [-0.4, -0.2) is 53.3 Å². The Morgan fingerprint density at radius 3 is 2.68 bits per heavy atom. The third kappa shape index (κ3) is 3.65. The van der Waals surface area contributed by atoms with E-state index in [0.29, 0.717) is 19.5 Å². The molecule has 1 aliphatic rings. The van der Waals surface area contributed by atoms with Gasteiger partial charge in [-0.15, -0.1) is 0 Å². The number of hydrogen-bond acceptors (Lipinski definition) is 4. The molecule has 3 rings (SSSR count). The van der Waals surface area contributed by atoms with E-state index in [1.807, 2.05) is 30.3 Å². The fourth-order valence-electron chi connectivity index (χ4n) is 3.11.